The van der Waals surface area contributed by atoms with E-state index in [-0.39, 0.29) is 16.7 Å². The summed E-state index contributed by atoms with van der Waals surface area (Å²) in [4.78, 5) is 12.2. The van der Waals surface area contributed by atoms with Gasteiger partial charge in [0.2, 0.25) is 12.0 Å². The second kappa shape index (κ2) is 7.33. The zero-order valence-electron chi connectivity index (χ0n) is 14.3. The molecule has 27 heavy (non-hydrogen) atoms. The van der Waals surface area contributed by atoms with Crippen LogP contribution < -0.4 is 10.2 Å². The van der Waals surface area contributed by atoms with Gasteiger partial charge in [0.1, 0.15) is 41.3 Å². The molecule has 0 unspecified atom stereocenters. The van der Waals surface area contributed by atoms with Crippen molar-refractivity contribution >= 4 is 11.0 Å². The van der Waals surface area contributed by atoms with E-state index in [0.29, 0.717) is 6.42 Å². The van der Waals surface area contributed by atoms with Gasteiger partial charge in [-0.15, -0.1) is 0 Å². The number of aliphatic hydroxyl groups is 4. The lowest BCUT2D eigenvalue weighted by Gasteiger charge is -2.39. The van der Waals surface area contributed by atoms with E-state index in [1.165, 1.54) is 6.07 Å². The molecule has 0 aliphatic carbocycles. The molecule has 2 heterocycles. The van der Waals surface area contributed by atoms with E-state index in [1.807, 2.05) is 0 Å². The molecule has 3 rings (SSSR count). The van der Waals surface area contributed by atoms with Crippen LogP contribution in [0, 0.1) is 0 Å². The quantitative estimate of drug-likeness (QED) is 0.382. The van der Waals surface area contributed by atoms with E-state index in [9.17, 15) is 35.4 Å². The van der Waals surface area contributed by atoms with E-state index in [0.717, 1.165) is 6.07 Å². The van der Waals surface area contributed by atoms with Crippen LogP contribution in [0.15, 0.2) is 21.3 Å². The molecule has 10 nitrogen and oxygen atoms in total. The summed E-state index contributed by atoms with van der Waals surface area (Å²) in [6, 6.07) is 2.06. The van der Waals surface area contributed by atoms with Gasteiger partial charge in [0, 0.05) is 18.6 Å². The van der Waals surface area contributed by atoms with Gasteiger partial charge in [-0.2, -0.15) is 0 Å². The Morgan fingerprint density at radius 3 is 2.41 bits per heavy atom. The largest absolute Gasteiger partial charge is 0.507 e. The normalized spacial score (nSPS) is 28.4. The minimum atomic E-state index is -1.73. The van der Waals surface area contributed by atoms with Crippen LogP contribution in [0.25, 0.3) is 11.0 Å². The zero-order valence-corrected chi connectivity index (χ0v) is 14.3. The Morgan fingerprint density at radius 2 is 1.78 bits per heavy atom. The lowest BCUT2D eigenvalue weighted by molar-refractivity contribution is -0.277. The monoisotopic (exact) mass is 384 g/mol. The maximum Gasteiger partial charge on any atom is 0.229 e. The van der Waals surface area contributed by atoms with Crippen LogP contribution in [0.2, 0.25) is 0 Å². The van der Waals surface area contributed by atoms with E-state index in [4.69, 9.17) is 13.9 Å². The molecule has 1 saturated heterocycles. The minimum Gasteiger partial charge on any atom is -0.507 e. The number of aliphatic hydroxyl groups excluding tert-OH is 4. The average molecular weight is 384 g/mol. The van der Waals surface area contributed by atoms with Crippen molar-refractivity contribution in [2.24, 2.45) is 0 Å². The molecule has 0 amide bonds. The summed E-state index contributed by atoms with van der Waals surface area (Å²) >= 11 is 0. The summed E-state index contributed by atoms with van der Waals surface area (Å²) in [6.07, 6.45) is -7.48. The number of phenols is 2. The molecule has 6 N–H and O–H groups in total. The van der Waals surface area contributed by atoms with Gasteiger partial charge in [-0.05, 0) is 0 Å². The Bertz CT molecular complexity index is 889. The number of aromatic hydroxyl groups is 2. The Balaban J connectivity index is 2.09. The number of rotatable bonds is 4. The molecule has 1 aromatic heterocycles. The third-order valence-corrected chi connectivity index (χ3v) is 4.40. The maximum absolute atomic E-state index is 12.2. The number of hydrogen-bond acceptors (Lipinski definition) is 10. The first-order valence-electron chi connectivity index (χ1n) is 8.27. The van der Waals surface area contributed by atoms with Crippen LogP contribution in [-0.2, 0) is 11.2 Å². The predicted molar refractivity (Wildman–Crippen MR) is 89.6 cm³/mol. The predicted octanol–water partition coefficient (Wildman–Crippen LogP) is -1.05. The van der Waals surface area contributed by atoms with Crippen LogP contribution in [0.1, 0.15) is 12.7 Å². The topological polar surface area (TPSA) is 170 Å². The Labute approximate surface area is 152 Å². The van der Waals surface area contributed by atoms with Crippen LogP contribution >= 0.6 is 0 Å². The fraction of sp³-hybridized carbons (Fsp3) is 0.471. The molecule has 1 fully saturated rings. The van der Waals surface area contributed by atoms with Crippen molar-refractivity contribution in [3.63, 3.8) is 0 Å². The van der Waals surface area contributed by atoms with Gasteiger partial charge in [0.25, 0.3) is 0 Å². The van der Waals surface area contributed by atoms with Crippen molar-refractivity contribution in [1.29, 1.82) is 0 Å². The lowest BCUT2D eigenvalue weighted by atomic mass is 9.99. The summed E-state index contributed by atoms with van der Waals surface area (Å²) in [7, 11) is 0. The SMILES string of the molecule is CCc1cc(=O)c2c(O)cc(O)c(O[C@@H]3O[C@H](CO)[C@@H](O)[C@H](O)[C@H]3O)c2o1. The van der Waals surface area contributed by atoms with Gasteiger partial charge >= 0.3 is 0 Å². The van der Waals surface area contributed by atoms with Gasteiger partial charge in [-0.25, -0.2) is 0 Å². The first-order chi connectivity index (χ1) is 12.8. The smallest absolute Gasteiger partial charge is 0.229 e. The first kappa shape index (κ1) is 19.4. The van der Waals surface area contributed by atoms with Crippen molar-refractivity contribution in [2.45, 2.75) is 44.1 Å². The fourth-order valence-electron chi connectivity index (χ4n) is 2.90. The van der Waals surface area contributed by atoms with Gasteiger partial charge < -0.3 is 44.5 Å². The molecule has 1 aromatic carbocycles. The van der Waals surface area contributed by atoms with Crippen LogP contribution in [0.4, 0.5) is 0 Å². The summed E-state index contributed by atoms with van der Waals surface area (Å²) in [6.45, 7) is 1.06. The standard InChI is InChI=1S/C17H20O10/c1-2-6-3-7(19)11-8(20)4-9(21)15(16(11)25-6)27-17-14(24)13(23)12(22)10(5-18)26-17/h3-4,10,12-14,17-18,20-24H,2,5H2,1H3/t10-,12-,13+,14-,17+/m1/s1. The highest BCUT2D eigenvalue weighted by Crippen LogP contribution is 2.41. The number of ether oxygens (including phenoxy) is 2. The van der Waals surface area contributed by atoms with Crippen molar-refractivity contribution in [3.05, 3.63) is 28.1 Å². The summed E-state index contributed by atoms with van der Waals surface area (Å²) in [5.74, 6) is -1.27. The molecule has 1 aliphatic heterocycles. The molecule has 0 radical (unpaired) electrons. The molecule has 148 valence electrons. The third-order valence-electron chi connectivity index (χ3n) is 4.40. The maximum atomic E-state index is 12.2. The zero-order chi connectivity index (χ0) is 19.9. The van der Waals surface area contributed by atoms with Crippen molar-refractivity contribution in [2.75, 3.05) is 6.61 Å². The molecule has 0 spiro atoms. The van der Waals surface area contributed by atoms with Crippen molar-refractivity contribution in [1.82, 2.24) is 0 Å². The van der Waals surface area contributed by atoms with Gasteiger partial charge in [0.15, 0.2) is 16.8 Å². The molecule has 0 saturated carbocycles. The minimum absolute atomic E-state index is 0.246. The molecule has 0 bridgehead atoms. The van der Waals surface area contributed by atoms with Gasteiger partial charge in [-0.1, -0.05) is 6.92 Å². The summed E-state index contributed by atoms with van der Waals surface area (Å²) in [5.41, 5.74) is -0.835. The highest BCUT2D eigenvalue weighted by atomic mass is 16.7. The number of phenolic OH excluding ortho intramolecular Hbond substituents is 2. The number of fused-ring (bicyclic) bond motifs is 1. The molecular formula is C17H20O10. The van der Waals surface area contributed by atoms with Crippen molar-refractivity contribution < 1.29 is 44.5 Å². The number of aryl methyl sites for hydroxylation is 1. The highest BCUT2D eigenvalue weighted by molar-refractivity contribution is 5.90. The molecule has 2 aromatic rings. The number of hydrogen-bond donors (Lipinski definition) is 6. The van der Waals surface area contributed by atoms with E-state index < -0.39 is 60.0 Å². The van der Waals surface area contributed by atoms with Crippen molar-refractivity contribution in [3.8, 4) is 17.2 Å². The van der Waals surface area contributed by atoms with Crippen LogP contribution in [0.3, 0.4) is 0 Å². The first-order valence-corrected chi connectivity index (χ1v) is 8.27. The van der Waals surface area contributed by atoms with Crippen LogP contribution in [-0.4, -0.2) is 68.0 Å². The molecule has 1 aliphatic rings. The third kappa shape index (κ3) is 3.33. The van der Waals surface area contributed by atoms with E-state index >= 15 is 0 Å². The molecule has 5 atom stereocenters. The summed E-state index contributed by atoms with van der Waals surface area (Å²) < 4.78 is 16.2. The van der Waals surface area contributed by atoms with Crippen LogP contribution in [0.5, 0.6) is 17.2 Å². The number of benzene rings is 1. The van der Waals surface area contributed by atoms with Gasteiger partial charge in [-0.3, -0.25) is 4.79 Å². The lowest BCUT2D eigenvalue weighted by Crippen LogP contribution is -2.60. The second-order valence-corrected chi connectivity index (χ2v) is 6.19. The molecule has 10 heteroatoms. The highest BCUT2D eigenvalue weighted by Gasteiger charge is 2.45. The second-order valence-electron chi connectivity index (χ2n) is 6.19. The Hall–Kier alpha value is -2.37. The summed E-state index contributed by atoms with van der Waals surface area (Å²) in [5, 5.41) is 58.9. The van der Waals surface area contributed by atoms with E-state index in [2.05, 4.69) is 0 Å². The molecular weight excluding hydrogens is 364 g/mol. The average Bonchev–Trinajstić information content (AvgIpc) is 2.64. The van der Waals surface area contributed by atoms with Gasteiger partial charge in [0.05, 0.1) is 6.61 Å². The Morgan fingerprint density at radius 1 is 1.07 bits per heavy atom. The Kier molecular flexibility index (Phi) is 5.27. The fourth-order valence-corrected chi connectivity index (χ4v) is 2.90. The van der Waals surface area contributed by atoms with E-state index in [1.54, 1.807) is 6.92 Å².